The van der Waals surface area contributed by atoms with Crippen molar-refractivity contribution in [3.8, 4) is 5.75 Å². The molecule has 100 valence electrons. The Morgan fingerprint density at radius 3 is 2.47 bits per heavy atom. The molecule has 0 aliphatic rings. The van der Waals surface area contributed by atoms with E-state index in [0.29, 0.717) is 5.92 Å². The highest BCUT2D eigenvalue weighted by molar-refractivity contribution is 9.09. The first-order valence-electron chi connectivity index (χ1n) is 6.48. The first kappa shape index (κ1) is 14.1. The van der Waals surface area contributed by atoms with Crippen LogP contribution in [0.2, 0.25) is 0 Å². The third kappa shape index (κ3) is 3.84. The summed E-state index contributed by atoms with van der Waals surface area (Å²) in [5, 5.41) is 0.966. The second kappa shape index (κ2) is 6.76. The van der Waals surface area contributed by atoms with Gasteiger partial charge in [0, 0.05) is 5.33 Å². The maximum atomic E-state index is 5.28. The van der Waals surface area contributed by atoms with E-state index in [4.69, 9.17) is 4.74 Å². The number of methoxy groups -OCH3 is 1. The molecule has 1 nitrogen and oxygen atoms in total. The van der Waals surface area contributed by atoms with Crippen LogP contribution < -0.4 is 4.74 Å². The SMILES string of the molecule is COc1cccc(CC(CBr)c2ccc(C)cc2)c1. The minimum Gasteiger partial charge on any atom is -0.497 e. The summed E-state index contributed by atoms with van der Waals surface area (Å²) in [5.74, 6) is 1.42. The molecule has 2 aromatic carbocycles. The Kier molecular flexibility index (Phi) is 5.03. The van der Waals surface area contributed by atoms with Crippen LogP contribution in [-0.2, 0) is 6.42 Å². The second-order valence-electron chi connectivity index (χ2n) is 4.82. The van der Waals surface area contributed by atoms with Gasteiger partial charge >= 0.3 is 0 Å². The van der Waals surface area contributed by atoms with Gasteiger partial charge in [0.1, 0.15) is 5.75 Å². The highest BCUT2D eigenvalue weighted by Gasteiger charge is 2.11. The summed E-state index contributed by atoms with van der Waals surface area (Å²) in [7, 11) is 1.71. The van der Waals surface area contributed by atoms with Crippen LogP contribution in [-0.4, -0.2) is 12.4 Å². The van der Waals surface area contributed by atoms with Crippen molar-refractivity contribution in [2.75, 3.05) is 12.4 Å². The Balaban J connectivity index is 2.16. The van der Waals surface area contributed by atoms with E-state index in [1.165, 1.54) is 16.7 Å². The summed E-state index contributed by atoms with van der Waals surface area (Å²) in [6, 6.07) is 17.1. The summed E-state index contributed by atoms with van der Waals surface area (Å²) in [5.41, 5.74) is 3.99. The molecule has 0 bridgehead atoms. The predicted octanol–water partition coefficient (Wildman–Crippen LogP) is 4.72. The average Bonchev–Trinajstić information content (AvgIpc) is 2.46. The molecule has 2 heteroatoms. The minimum absolute atomic E-state index is 0.493. The molecule has 0 aromatic heterocycles. The third-order valence-corrected chi connectivity index (χ3v) is 4.13. The Hall–Kier alpha value is -1.28. The Bertz CT molecular complexity index is 519. The van der Waals surface area contributed by atoms with Gasteiger partial charge in [0.25, 0.3) is 0 Å². The van der Waals surface area contributed by atoms with E-state index in [1.54, 1.807) is 7.11 Å². The molecular formula is C17H19BrO. The summed E-state index contributed by atoms with van der Waals surface area (Å²) in [4.78, 5) is 0. The molecule has 0 aliphatic carbocycles. The lowest BCUT2D eigenvalue weighted by Crippen LogP contribution is -2.04. The zero-order chi connectivity index (χ0) is 13.7. The smallest absolute Gasteiger partial charge is 0.119 e. The molecule has 0 saturated heterocycles. The van der Waals surface area contributed by atoms with Crippen LogP contribution in [0.3, 0.4) is 0 Å². The van der Waals surface area contributed by atoms with Crippen LogP contribution in [0.1, 0.15) is 22.6 Å². The molecule has 19 heavy (non-hydrogen) atoms. The van der Waals surface area contributed by atoms with Crippen molar-refractivity contribution in [3.05, 3.63) is 65.2 Å². The van der Waals surface area contributed by atoms with Crippen molar-refractivity contribution in [3.63, 3.8) is 0 Å². The quantitative estimate of drug-likeness (QED) is 0.724. The van der Waals surface area contributed by atoms with Crippen molar-refractivity contribution >= 4 is 15.9 Å². The molecule has 2 aromatic rings. The number of aryl methyl sites for hydroxylation is 1. The molecule has 0 spiro atoms. The second-order valence-corrected chi connectivity index (χ2v) is 5.47. The summed E-state index contributed by atoms with van der Waals surface area (Å²) in [6.07, 6.45) is 1.02. The number of hydrogen-bond acceptors (Lipinski definition) is 1. The first-order chi connectivity index (χ1) is 9.22. The lowest BCUT2D eigenvalue weighted by Gasteiger charge is -2.15. The zero-order valence-corrected chi connectivity index (χ0v) is 13.0. The summed E-state index contributed by atoms with van der Waals surface area (Å²) >= 11 is 3.63. The molecule has 0 N–H and O–H groups in total. The number of benzene rings is 2. The zero-order valence-electron chi connectivity index (χ0n) is 11.4. The average molecular weight is 319 g/mol. The number of alkyl halides is 1. The Labute approximate surface area is 123 Å². The van der Waals surface area contributed by atoms with Gasteiger partial charge in [-0.05, 0) is 42.5 Å². The first-order valence-corrected chi connectivity index (χ1v) is 7.60. The van der Waals surface area contributed by atoms with Gasteiger partial charge in [0.05, 0.1) is 7.11 Å². The van der Waals surface area contributed by atoms with Crippen LogP contribution in [0, 0.1) is 6.92 Å². The van der Waals surface area contributed by atoms with E-state index in [1.807, 2.05) is 6.07 Å². The maximum absolute atomic E-state index is 5.28. The van der Waals surface area contributed by atoms with E-state index in [2.05, 4.69) is 65.3 Å². The van der Waals surface area contributed by atoms with E-state index in [0.717, 1.165) is 17.5 Å². The number of hydrogen-bond donors (Lipinski definition) is 0. The lowest BCUT2D eigenvalue weighted by molar-refractivity contribution is 0.414. The van der Waals surface area contributed by atoms with Gasteiger partial charge in [-0.2, -0.15) is 0 Å². The van der Waals surface area contributed by atoms with Crippen molar-refractivity contribution in [1.29, 1.82) is 0 Å². The fourth-order valence-corrected chi connectivity index (χ4v) is 2.79. The highest BCUT2D eigenvalue weighted by atomic mass is 79.9. The number of halogens is 1. The van der Waals surface area contributed by atoms with Crippen LogP contribution in [0.5, 0.6) is 5.75 Å². The fraction of sp³-hybridized carbons (Fsp3) is 0.294. The standard InChI is InChI=1S/C17H19BrO/c1-13-6-8-15(9-7-13)16(12-18)10-14-4-3-5-17(11-14)19-2/h3-9,11,16H,10,12H2,1-2H3. The molecule has 0 fully saturated rings. The van der Waals surface area contributed by atoms with Crippen LogP contribution in [0.4, 0.5) is 0 Å². The van der Waals surface area contributed by atoms with Gasteiger partial charge in [-0.25, -0.2) is 0 Å². The Morgan fingerprint density at radius 1 is 1.11 bits per heavy atom. The molecule has 0 aliphatic heterocycles. The topological polar surface area (TPSA) is 9.23 Å². The summed E-state index contributed by atoms with van der Waals surface area (Å²) < 4.78 is 5.28. The molecule has 1 atom stereocenters. The van der Waals surface area contributed by atoms with E-state index < -0.39 is 0 Å². The van der Waals surface area contributed by atoms with Gasteiger partial charge in [-0.15, -0.1) is 0 Å². The van der Waals surface area contributed by atoms with Crippen LogP contribution in [0.15, 0.2) is 48.5 Å². The largest absolute Gasteiger partial charge is 0.497 e. The van der Waals surface area contributed by atoms with E-state index in [9.17, 15) is 0 Å². The normalized spacial score (nSPS) is 12.2. The minimum atomic E-state index is 0.493. The van der Waals surface area contributed by atoms with E-state index >= 15 is 0 Å². The van der Waals surface area contributed by atoms with Crippen molar-refractivity contribution < 1.29 is 4.74 Å². The van der Waals surface area contributed by atoms with Crippen LogP contribution >= 0.6 is 15.9 Å². The fourth-order valence-electron chi connectivity index (χ4n) is 2.18. The molecule has 0 radical (unpaired) electrons. The molecule has 2 rings (SSSR count). The monoisotopic (exact) mass is 318 g/mol. The molecular weight excluding hydrogens is 300 g/mol. The molecule has 0 saturated carbocycles. The molecule has 1 unspecified atom stereocenters. The number of rotatable bonds is 5. The van der Waals surface area contributed by atoms with Crippen molar-refractivity contribution in [1.82, 2.24) is 0 Å². The molecule has 0 amide bonds. The highest BCUT2D eigenvalue weighted by Crippen LogP contribution is 2.25. The van der Waals surface area contributed by atoms with Gasteiger partial charge in [-0.1, -0.05) is 57.9 Å². The predicted molar refractivity (Wildman–Crippen MR) is 84.4 cm³/mol. The molecule has 0 heterocycles. The maximum Gasteiger partial charge on any atom is 0.119 e. The van der Waals surface area contributed by atoms with Crippen molar-refractivity contribution in [2.24, 2.45) is 0 Å². The van der Waals surface area contributed by atoms with Gasteiger partial charge in [0.15, 0.2) is 0 Å². The van der Waals surface area contributed by atoms with Gasteiger partial charge < -0.3 is 4.74 Å². The lowest BCUT2D eigenvalue weighted by atomic mass is 9.93. The van der Waals surface area contributed by atoms with Gasteiger partial charge in [-0.3, -0.25) is 0 Å². The van der Waals surface area contributed by atoms with E-state index in [-0.39, 0.29) is 0 Å². The summed E-state index contributed by atoms with van der Waals surface area (Å²) in [6.45, 7) is 2.12. The van der Waals surface area contributed by atoms with Crippen molar-refractivity contribution in [2.45, 2.75) is 19.3 Å². The number of ether oxygens (including phenoxy) is 1. The van der Waals surface area contributed by atoms with Crippen LogP contribution in [0.25, 0.3) is 0 Å². The third-order valence-electron chi connectivity index (χ3n) is 3.35. The Morgan fingerprint density at radius 2 is 1.84 bits per heavy atom. The van der Waals surface area contributed by atoms with Gasteiger partial charge in [0.2, 0.25) is 0 Å².